The van der Waals surface area contributed by atoms with Gasteiger partial charge in [-0.2, -0.15) is 0 Å². The van der Waals surface area contributed by atoms with E-state index in [4.69, 9.17) is 32.7 Å². The molecule has 3 aromatic rings. The van der Waals surface area contributed by atoms with Crippen molar-refractivity contribution in [3.8, 4) is 11.5 Å². The van der Waals surface area contributed by atoms with E-state index in [1.165, 1.54) is 20.3 Å². The van der Waals surface area contributed by atoms with Gasteiger partial charge in [0, 0.05) is 23.4 Å². The van der Waals surface area contributed by atoms with Gasteiger partial charge in [-0.1, -0.05) is 41.4 Å². The first-order chi connectivity index (χ1) is 14.9. The Morgan fingerprint density at radius 2 is 1.35 bits per heavy atom. The molecule has 0 bridgehead atoms. The minimum atomic E-state index is -0.528. The highest BCUT2D eigenvalue weighted by Crippen LogP contribution is 2.37. The summed E-state index contributed by atoms with van der Waals surface area (Å²) < 4.78 is 10.7. The highest BCUT2D eigenvalue weighted by atomic mass is 35.5. The molecule has 0 spiro atoms. The van der Waals surface area contributed by atoms with Gasteiger partial charge in [0.2, 0.25) is 0 Å². The first-order valence-electron chi connectivity index (χ1n) is 9.06. The normalized spacial score (nSPS) is 10.2. The Morgan fingerprint density at radius 3 is 1.94 bits per heavy atom. The number of amides is 3. The number of carbonyl (C=O) groups is 2. The quantitative estimate of drug-likeness (QED) is 0.427. The Morgan fingerprint density at radius 1 is 0.742 bits per heavy atom. The zero-order chi connectivity index (χ0) is 22.4. The van der Waals surface area contributed by atoms with Crippen LogP contribution in [0.15, 0.2) is 60.7 Å². The Hall–Kier alpha value is -3.42. The van der Waals surface area contributed by atoms with E-state index in [-0.39, 0.29) is 5.91 Å². The number of halogens is 2. The van der Waals surface area contributed by atoms with Gasteiger partial charge in [-0.25, -0.2) is 4.79 Å². The molecule has 31 heavy (non-hydrogen) atoms. The summed E-state index contributed by atoms with van der Waals surface area (Å²) in [6.07, 6.45) is 0. The lowest BCUT2D eigenvalue weighted by Gasteiger charge is -2.16. The topological polar surface area (TPSA) is 88.7 Å². The van der Waals surface area contributed by atoms with Crippen molar-refractivity contribution in [2.24, 2.45) is 0 Å². The Kier molecular flexibility index (Phi) is 7.23. The zero-order valence-electron chi connectivity index (χ0n) is 16.7. The number of hydrogen-bond acceptors (Lipinski definition) is 4. The van der Waals surface area contributed by atoms with E-state index in [1.54, 1.807) is 48.5 Å². The van der Waals surface area contributed by atoms with Crippen LogP contribution in [-0.2, 0) is 0 Å². The number of methoxy groups -OCH3 is 2. The maximum absolute atomic E-state index is 12.5. The van der Waals surface area contributed by atoms with Crippen LogP contribution in [0, 0.1) is 0 Å². The highest BCUT2D eigenvalue weighted by molar-refractivity contribution is 6.42. The Bertz CT molecular complexity index is 1110. The minimum Gasteiger partial charge on any atom is -0.494 e. The summed E-state index contributed by atoms with van der Waals surface area (Å²) in [5, 5.41) is 8.83. The van der Waals surface area contributed by atoms with Crippen LogP contribution in [0.3, 0.4) is 0 Å². The lowest BCUT2D eigenvalue weighted by atomic mass is 10.2. The van der Waals surface area contributed by atoms with Crippen molar-refractivity contribution in [1.82, 2.24) is 0 Å². The van der Waals surface area contributed by atoms with Crippen LogP contribution in [-0.4, -0.2) is 26.2 Å². The van der Waals surface area contributed by atoms with Crippen molar-refractivity contribution in [3.63, 3.8) is 0 Å². The maximum atomic E-state index is 12.5. The van der Waals surface area contributed by atoms with Gasteiger partial charge < -0.3 is 25.4 Å². The smallest absolute Gasteiger partial charge is 0.323 e. The highest BCUT2D eigenvalue weighted by Gasteiger charge is 2.16. The molecule has 3 amide bonds. The first-order valence-corrected chi connectivity index (χ1v) is 9.82. The number of nitrogens with one attached hydrogen (secondary N) is 3. The van der Waals surface area contributed by atoms with E-state index >= 15 is 0 Å². The molecule has 160 valence electrons. The third-order valence-electron chi connectivity index (χ3n) is 4.23. The SMILES string of the molecule is COc1cc(NC(=O)c2ccccc2)c(OC)cc1NC(=O)Nc1ccc(Cl)c(Cl)c1. The number of benzene rings is 3. The fourth-order valence-electron chi connectivity index (χ4n) is 2.74. The molecule has 3 N–H and O–H groups in total. The number of rotatable bonds is 6. The van der Waals surface area contributed by atoms with Gasteiger partial charge in [-0.05, 0) is 30.3 Å². The van der Waals surface area contributed by atoms with Crippen molar-refractivity contribution >= 4 is 52.2 Å². The molecule has 0 radical (unpaired) electrons. The van der Waals surface area contributed by atoms with Crippen molar-refractivity contribution in [2.75, 3.05) is 30.2 Å². The van der Waals surface area contributed by atoms with E-state index < -0.39 is 6.03 Å². The van der Waals surface area contributed by atoms with Gasteiger partial charge in [-0.3, -0.25) is 4.79 Å². The minimum absolute atomic E-state index is 0.306. The van der Waals surface area contributed by atoms with Gasteiger partial charge in [0.05, 0.1) is 35.6 Å². The van der Waals surface area contributed by atoms with Crippen LogP contribution in [0.25, 0.3) is 0 Å². The average Bonchev–Trinajstić information content (AvgIpc) is 2.77. The molecule has 0 aliphatic rings. The van der Waals surface area contributed by atoms with Gasteiger partial charge in [-0.15, -0.1) is 0 Å². The molecule has 0 fully saturated rings. The number of hydrogen-bond donors (Lipinski definition) is 3. The Balaban J connectivity index is 1.80. The molecule has 0 saturated heterocycles. The predicted octanol–water partition coefficient (Wildman–Crippen LogP) is 5.91. The van der Waals surface area contributed by atoms with Gasteiger partial charge in [0.25, 0.3) is 5.91 Å². The lowest BCUT2D eigenvalue weighted by molar-refractivity contribution is 0.102. The molecule has 0 saturated carbocycles. The van der Waals surface area contributed by atoms with Crippen LogP contribution in [0.5, 0.6) is 11.5 Å². The molecule has 0 heterocycles. The second-order valence-corrected chi connectivity index (χ2v) is 7.10. The third kappa shape index (κ3) is 5.59. The summed E-state index contributed by atoms with van der Waals surface area (Å²) in [5.74, 6) is 0.363. The number of urea groups is 1. The van der Waals surface area contributed by atoms with Crippen LogP contribution in [0.1, 0.15) is 10.4 Å². The van der Waals surface area contributed by atoms with Crippen molar-refractivity contribution < 1.29 is 19.1 Å². The van der Waals surface area contributed by atoms with E-state index in [0.717, 1.165) is 0 Å². The summed E-state index contributed by atoms with van der Waals surface area (Å²) in [5.41, 5.74) is 1.69. The second-order valence-electron chi connectivity index (χ2n) is 6.28. The molecule has 0 atom stereocenters. The molecule has 0 aliphatic heterocycles. The molecule has 0 unspecified atom stereocenters. The van der Waals surface area contributed by atoms with Crippen molar-refractivity contribution in [1.29, 1.82) is 0 Å². The summed E-state index contributed by atoms with van der Waals surface area (Å²) in [4.78, 5) is 24.9. The fraction of sp³-hybridized carbons (Fsp3) is 0.0909. The largest absolute Gasteiger partial charge is 0.494 e. The summed E-state index contributed by atoms with van der Waals surface area (Å²) in [7, 11) is 2.91. The van der Waals surface area contributed by atoms with E-state index in [1.807, 2.05) is 6.07 Å². The second kappa shape index (κ2) is 10.1. The lowest BCUT2D eigenvalue weighted by Crippen LogP contribution is -2.20. The van der Waals surface area contributed by atoms with Gasteiger partial charge >= 0.3 is 6.03 Å². The van der Waals surface area contributed by atoms with Crippen molar-refractivity contribution in [2.45, 2.75) is 0 Å². The molecule has 0 aliphatic carbocycles. The van der Waals surface area contributed by atoms with Crippen LogP contribution in [0.2, 0.25) is 10.0 Å². The van der Waals surface area contributed by atoms with E-state index in [9.17, 15) is 9.59 Å². The molecule has 9 heteroatoms. The van der Waals surface area contributed by atoms with Crippen molar-refractivity contribution in [3.05, 3.63) is 76.3 Å². The molecular formula is C22H19Cl2N3O4. The summed E-state index contributed by atoms with van der Waals surface area (Å²) in [6.45, 7) is 0. The summed E-state index contributed by atoms with van der Waals surface area (Å²) >= 11 is 11.9. The van der Waals surface area contributed by atoms with E-state index in [0.29, 0.717) is 44.2 Å². The molecule has 3 rings (SSSR count). The average molecular weight is 460 g/mol. The maximum Gasteiger partial charge on any atom is 0.323 e. The third-order valence-corrected chi connectivity index (χ3v) is 4.97. The molecular weight excluding hydrogens is 441 g/mol. The number of anilines is 3. The standard InChI is InChI=1S/C22H19Cl2N3O4/c1-30-19-12-18(27-22(29)25-14-8-9-15(23)16(24)10-14)20(31-2)11-17(19)26-21(28)13-6-4-3-5-7-13/h3-12H,1-2H3,(H,26,28)(H2,25,27,29). The molecule has 3 aromatic carbocycles. The fourth-order valence-corrected chi connectivity index (χ4v) is 3.03. The van der Waals surface area contributed by atoms with Gasteiger partial charge in [0.15, 0.2) is 0 Å². The first kappa shape index (κ1) is 22.3. The van der Waals surface area contributed by atoms with E-state index in [2.05, 4.69) is 16.0 Å². The van der Waals surface area contributed by atoms with Crippen LogP contribution >= 0.6 is 23.2 Å². The number of carbonyl (C=O) groups excluding carboxylic acids is 2. The zero-order valence-corrected chi connectivity index (χ0v) is 18.2. The Labute approximate surface area is 189 Å². The number of ether oxygens (including phenoxy) is 2. The predicted molar refractivity (Wildman–Crippen MR) is 123 cm³/mol. The monoisotopic (exact) mass is 459 g/mol. The van der Waals surface area contributed by atoms with Gasteiger partial charge in [0.1, 0.15) is 11.5 Å². The van der Waals surface area contributed by atoms with Crippen LogP contribution in [0.4, 0.5) is 21.9 Å². The molecule has 0 aromatic heterocycles. The van der Waals surface area contributed by atoms with Crippen LogP contribution < -0.4 is 25.4 Å². The molecule has 7 nitrogen and oxygen atoms in total. The summed E-state index contributed by atoms with van der Waals surface area (Å²) in [6, 6.07) is 16.1.